The average molecular weight is 227 g/mol. The second-order valence-corrected chi connectivity index (χ2v) is 2.97. The predicted octanol–water partition coefficient (Wildman–Crippen LogP) is 2.38. The Hall–Kier alpha value is -0.800. The molecule has 0 heterocycles. The summed E-state index contributed by atoms with van der Waals surface area (Å²) in [5.74, 6) is 5.22. The van der Waals surface area contributed by atoms with Gasteiger partial charge in [-0.05, 0) is 17.7 Å². The molecule has 1 aromatic rings. The molecule has 1 rings (SSSR count). The molecule has 0 aliphatic rings. The van der Waals surface area contributed by atoms with Crippen LogP contribution in [0.5, 0.6) is 0 Å². The van der Waals surface area contributed by atoms with Crippen molar-refractivity contribution in [2.24, 2.45) is 5.84 Å². The number of hydrogen-bond acceptors (Lipinski definition) is 2. The van der Waals surface area contributed by atoms with Crippen molar-refractivity contribution < 1.29 is 0 Å². The van der Waals surface area contributed by atoms with Crippen molar-refractivity contribution in [3.05, 3.63) is 35.9 Å². The molecule has 0 fully saturated rings. The minimum absolute atomic E-state index is 0.879. The van der Waals surface area contributed by atoms with E-state index in [1.165, 1.54) is 5.56 Å². The number of nitrogens with two attached hydrogens (primary N) is 1. The van der Waals surface area contributed by atoms with Gasteiger partial charge >= 0.3 is 0 Å². The maximum absolute atomic E-state index is 5.22. The fraction of sp³-hybridized carbons (Fsp3) is 0.111. The third-order valence-electron chi connectivity index (χ3n) is 1.48. The van der Waals surface area contributed by atoms with Gasteiger partial charge in [-0.25, -0.2) is 0 Å². The first-order chi connectivity index (χ1) is 5.86. The summed E-state index contributed by atoms with van der Waals surface area (Å²) in [5.41, 5.74) is 4.67. The number of anilines is 1. The van der Waals surface area contributed by atoms with E-state index in [2.05, 4.69) is 27.4 Å². The van der Waals surface area contributed by atoms with Crippen LogP contribution in [0.3, 0.4) is 0 Å². The molecule has 0 aromatic heterocycles. The van der Waals surface area contributed by atoms with Gasteiger partial charge in [0.2, 0.25) is 0 Å². The average Bonchev–Trinajstić information content (AvgIpc) is 2.15. The van der Waals surface area contributed by atoms with Gasteiger partial charge in [0.1, 0.15) is 0 Å². The van der Waals surface area contributed by atoms with E-state index in [0.29, 0.717) is 0 Å². The Morgan fingerprint density at radius 3 is 2.50 bits per heavy atom. The van der Waals surface area contributed by atoms with Gasteiger partial charge in [-0.3, -0.25) is 5.84 Å². The first-order valence-corrected chi connectivity index (χ1v) is 4.78. The number of nitrogens with one attached hydrogen (secondary N) is 1. The maximum Gasteiger partial charge on any atom is 0.0485 e. The van der Waals surface area contributed by atoms with Crippen LogP contribution < -0.4 is 11.3 Å². The highest BCUT2D eigenvalue weighted by Crippen LogP contribution is 2.09. The number of alkyl halides is 1. The summed E-state index contributed by atoms with van der Waals surface area (Å²) in [4.78, 5) is 0. The van der Waals surface area contributed by atoms with E-state index in [-0.39, 0.29) is 0 Å². The number of hydrazine groups is 1. The lowest BCUT2D eigenvalue weighted by Crippen LogP contribution is -2.05. The van der Waals surface area contributed by atoms with E-state index in [9.17, 15) is 0 Å². The van der Waals surface area contributed by atoms with Gasteiger partial charge in [0, 0.05) is 11.0 Å². The Kier molecular flexibility index (Phi) is 3.84. The third-order valence-corrected chi connectivity index (χ3v) is 1.85. The molecule has 3 N–H and O–H groups in total. The van der Waals surface area contributed by atoms with Crippen LogP contribution in [0.4, 0.5) is 5.69 Å². The van der Waals surface area contributed by atoms with Crippen LogP contribution in [-0.4, -0.2) is 5.33 Å². The van der Waals surface area contributed by atoms with Crippen molar-refractivity contribution in [2.45, 2.75) is 0 Å². The van der Waals surface area contributed by atoms with Gasteiger partial charge in [0.05, 0.1) is 0 Å². The fourth-order valence-electron chi connectivity index (χ4n) is 0.871. The first kappa shape index (κ1) is 9.29. The summed E-state index contributed by atoms with van der Waals surface area (Å²) >= 11 is 3.32. The molecule has 0 saturated carbocycles. The number of rotatable bonds is 3. The number of benzene rings is 1. The molecule has 0 spiro atoms. The van der Waals surface area contributed by atoms with Crippen LogP contribution in [0.1, 0.15) is 5.56 Å². The summed E-state index contributed by atoms with van der Waals surface area (Å²) in [6.07, 6.45) is 4.10. The molecule has 1 aromatic carbocycles. The van der Waals surface area contributed by atoms with E-state index in [0.717, 1.165) is 11.0 Å². The Labute approximate surface area is 80.6 Å². The van der Waals surface area contributed by atoms with Crippen LogP contribution in [0.2, 0.25) is 0 Å². The Morgan fingerprint density at radius 1 is 1.33 bits per heavy atom. The molecule has 12 heavy (non-hydrogen) atoms. The quantitative estimate of drug-likeness (QED) is 0.472. The Morgan fingerprint density at radius 2 is 2.00 bits per heavy atom. The summed E-state index contributed by atoms with van der Waals surface area (Å²) in [6.45, 7) is 0. The molecule has 0 saturated heterocycles. The molecule has 2 nitrogen and oxygen atoms in total. The molecule has 0 aliphatic carbocycles. The summed E-state index contributed by atoms with van der Waals surface area (Å²) in [6, 6.07) is 7.89. The number of halogens is 1. The van der Waals surface area contributed by atoms with E-state index in [1.54, 1.807) is 0 Å². The standard InChI is InChI=1S/C9H11BrN2/c10-7-1-2-8-3-5-9(12-11)6-4-8/h1-6,12H,7,11H2. The van der Waals surface area contributed by atoms with Crippen LogP contribution >= 0.6 is 15.9 Å². The van der Waals surface area contributed by atoms with Crippen LogP contribution in [-0.2, 0) is 0 Å². The Bertz CT molecular complexity index is 254. The van der Waals surface area contributed by atoms with E-state index in [1.807, 2.05) is 30.3 Å². The molecular weight excluding hydrogens is 216 g/mol. The highest BCUT2D eigenvalue weighted by molar-refractivity contribution is 9.09. The lowest BCUT2D eigenvalue weighted by molar-refractivity contribution is 1.35. The number of hydrogen-bond donors (Lipinski definition) is 2. The maximum atomic E-state index is 5.22. The highest BCUT2D eigenvalue weighted by Gasteiger charge is 1.87. The number of allylic oxidation sites excluding steroid dienone is 1. The molecule has 3 heteroatoms. The summed E-state index contributed by atoms with van der Waals surface area (Å²) < 4.78 is 0. The molecule has 64 valence electrons. The normalized spacial score (nSPS) is 10.5. The molecule has 0 atom stereocenters. The van der Waals surface area contributed by atoms with Crippen LogP contribution in [0, 0.1) is 0 Å². The van der Waals surface area contributed by atoms with Gasteiger partial charge in [-0.1, -0.05) is 40.2 Å². The monoisotopic (exact) mass is 226 g/mol. The lowest BCUT2D eigenvalue weighted by atomic mass is 10.2. The molecule has 0 amide bonds. The van der Waals surface area contributed by atoms with Gasteiger partial charge in [0.25, 0.3) is 0 Å². The fourth-order valence-corrected chi connectivity index (χ4v) is 1.06. The largest absolute Gasteiger partial charge is 0.324 e. The van der Waals surface area contributed by atoms with Gasteiger partial charge in [0.15, 0.2) is 0 Å². The van der Waals surface area contributed by atoms with Crippen molar-refractivity contribution in [2.75, 3.05) is 10.8 Å². The first-order valence-electron chi connectivity index (χ1n) is 3.66. The third kappa shape index (κ3) is 2.68. The minimum atomic E-state index is 0.879. The topological polar surface area (TPSA) is 38.0 Å². The van der Waals surface area contributed by atoms with E-state index in [4.69, 9.17) is 5.84 Å². The predicted molar refractivity (Wildman–Crippen MR) is 57.1 cm³/mol. The second kappa shape index (κ2) is 4.95. The lowest BCUT2D eigenvalue weighted by Gasteiger charge is -1.98. The summed E-state index contributed by atoms with van der Waals surface area (Å²) in [5, 5.41) is 0.879. The molecule has 0 aliphatic heterocycles. The Balaban J connectivity index is 2.71. The van der Waals surface area contributed by atoms with Gasteiger partial charge in [-0.15, -0.1) is 0 Å². The van der Waals surface area contributed by atoms with Gasteiger partial charge in [-0.2, -0.15) is 0 Å². The zero-order chi connectivity index (χ0) is 8.81. The molecular formula is C9H11BrN2. The molecule has 0 radical (unpaired) electrons. The zero-order valence-electron chi connectivity index (χ0n) is 6.63. The van der Waals surface area contributed by atoms with Crippen LogP contribution in [0.15, 0.2) is 30.3 Å². The van der Waals surface area contributed by atoms with Crippen molar-refractivity contribution in [1.29, 1.82) is 0 Å². The van der Waals surface area contributed by atoms with Gasteiger partial charge < -0.3 is 5.43 Å². The SMILES string of the molecule is NNc1ccc(C=CCBr)cc1. The van der Waals surface area contributed by atoms with E-state index < -0.39 is 0 Å². The minimum Gasteiger partial charge on any atom is -0.324 e. The zero-order valence-corrected chi connectivity index (χ0v) is 8.21. The highest BCUT2D eigenvalue weighted by atomic mass is 79.9. The van der Waals surface area contributed by atoms with Crippen molar-refractivity contribution in [1.82, 2.24) is 0 Å². The molecule has 0 unspecified atom stereocenters. The molecule has 0 bridgehead atoms. The second-order valence-electron chi connectivity index (χ2n) is 2.32. The van der Waals surface area contributed by atoms with Crippen LogP contribution in [0.25, 0.3) is 6.08 Å². The van der Waals surface area contributed by atoms with Crippen molar-refractivity contribution in [3.8, 4) is 0 Å². The van der Waals surface area contributed by atoms with Crippen molar-refractivity contribution >= 4 is 27.7 Å². The smallest absolute Gasteiger partial charge is 0.0485 e. The summed E-state index contributed by atoms with van der Waals surface area (Å²) in [7, 11) is 0. The van der Waals surface area contributed by atoms with E-state index >= 15 is 0 Å². The van der Waals surface area contributed by atoms with Crippen molar-refractivity contribution in [3.63, 3.8) is 0 Å². The number of nitrogen functional groups attached to an aromatic ring is 1.